The van der Waals surface area contributed by atoms with Gasteiger partial charge in [0.2, 0.25) is 0 Å². The number of amidine groups is 1. The normalized spacial score (nSPS) is 14.7. The Hall–Kier alpha value is -5.76. The highest BCUT2D eigenvalue weighted by molar-refractivity contribution is 6.12. The van der Waals surface area contributed by atoms with Gasteiger partial charge in [0.15, 0.2) is 0 Å². The molecule has 0 bridgehead atoms. The third kappa shape index (κ3) is 7.61. The van der Waals surface area contributed by atoms with Crippen LogP contribution < -0.4 is 10.1 Å². The number of fused-ring (bicyclic) bond motifs is 1. The molecule has 0 saturated carbocycles. The van der Waals surface area contributed by atoms with Crippen LogP contribution in [0.3, 0.4) is 0 Å². The van der Waals surface area contributed by atoms with Gasteiger partial charge in [-0.3, -0.25) is 19.8 Å². The number of rotatable bonds is 10. The maximum absolute atomic E-state index is 13.2. The summed E-state index contributed by atoms with van der Waals surface area (Å²) >= 11 is 0. The molecule has 1 aliphatic rings. The zero-order chi connectivity index (χ0) is 33.5. The molecule has 1 aliphatic heterocycles. The van der Waals surface area contributed by atoms with E-state index >= 15 is 0 Å². The van der Waals surface area contributed by atoms with Crippen molar-refractivity contribution >= 4 is 34.4 Å². The Kier molecular flexibility index (Phi) is 9.91. The summed E-state index contributed by atoms with van der Waals surface area (Å²) in [6.45, 7) is 3.22. The van der Waals surface area contributed by atoms with E-state index < -0.39 is 5.92 Å². The molecule has 48 heavy (non-hydrogen) atoms. The summed E-state index contributed by atoms with van der Waals surface area (Å²) in [6, 6.07) is 37.2. The van der Waals surface area contributed by atoms with E-state index in [0.29, 0.717) is 42.0 Å². The van der Waals surface area contributed by atoms with Gasteiger partial charge in [0.05, 0.1) is 19.1 Å². The van der Waals surface area contributed by atoms with E-state index in [-0.39, 0.29) is 36.3 Å². The Morgan fingerprint density at radius 3 is 2.21 bits per heavy atom. The molecule has 0 radical (unpaired) electrons. The Balaban J connectivity index is 1.13. The predicted octanol–water partition coefficient (Wildman–Crippen LogP) is 6.78. The first kappa shape index (κ1) is 32.2. The van der Waals surface area contributed by atoms with Crippen LogP contribution in [0.25, 0.3) is 10.8 Å². The van der Waals surface area contributed by atoms with Crippen molar-refractivity contribution in [2.45, 2.75) is 31.8 Å². The van der Waals surface area contributed by atoms with Gasteiger partial charge in [-0.2, -0.15) is 0 Å². The minimum atomic E-state index is -0.534. The van der Waals surface area contributed by atoms with E-state index in [9.17, 15) is 14.4 Å². The second kappa shape index (κ2) is 14.8. The molecule has 1 fully saturated rings. The van der Waals surface area contributed by atoms with Gasteiger partial charge < -0.3 is 19.7 Å². The number of nitrogens with zero attached hydrogens (tertiary/aromatic N) is 1. The first-order valence-corrected chi connectivity index (χ1v) is 16.1. The number of esters is 1. The van der Waals surface area contributed by atoms with Gasteiger partial charge in [-0.25, -0.2) is 0 Å². The molecule has 0 unspecified atom stereocenters. The van der Waals surface area contributed by atoms with Gasteiger partial charge in [-0.15, -0.1) is 0 Å². The largest absolute Gasteiger partial charge is 0.489 e. The fourth-order valence-corrected chi connectivity index (χ4v) is 5.99. The van der Waals surface area contributed by atoms with Crippen LogP contribution in [0.1, 0.15) is 56.7 Å². The molecule has 2 N–H and O–H groups in total. The van der Waals surface area contributed by atoms with Gasteiger partial charge in [0.25, 0.3) is 11.8 Å². The summed E-state index contributed by atoms with van der Waals surface area (Å²) in [5.41, 5.74) is 3.48. The fraction of sp³-hybridized carbons (Fsp3) is 0.200. The predicted molar refractivity (Wildman–Crippen MR) is 186 cm³/mol. The topological polar surface area (TPSA) is 109 Å². The molecule has 242 valence electrons. The number of benzene rings is 5. The van der Waals surface area contributed by atoms with Crippen LogP contribution in [0.15, 0.2) is 121 Å². The van der Waals surface area contributed by atoms with E-state index in [1.54, 1.807) is 31.2 Å². The molecular formula is C40H37N3O5. The lowest BCUT2D eigenvalue weighted by atomic mass is 9.91. The summed E-state index contributed by atoms with van der Waals surface area (Å²) in [7, 11) is 0. The van der Waals surface area contributed by atoms with Gasteiger partial charge in [0.1, 0.15) is 17.7 Å². The Morgan fingerprint density at radius 2 is 1.50 bits per heavy atom. The van der Waals surface area contributed by atoms with Crippen LogP contribution in [-0.2, 0) is 16.0 Å². The fourth-order valence-electron chi connectivity index (χ4n) is 5.99. The first-order chi connectivity index (χ1) is 23.4. The molecule has 5 aromatic carbocycles. The smallest absolute Gasteiger partial charge is 0.313 e. The molecule has 0 aliphatic carbocycles. The van der Waals surface area contributed by atoms with Crippen LogP contribution in [0.5, 0.6) is 5.75 Å². The Labute approximate surface area is 279 Å². The summed E-state index contributed by atoms with van der Waals surface area (Å²) in [4.78, 5) is 40.5. The molecule has 0 aromatic heterocycles. The number of carbonyl (C=O) groups is 3. The molecule has 2 atom stereocenters. The number of ether oxygens (including phenoxy) is 2. The summed E-state index contributed by atoms with van der Waals surface area (Å²) in [6.07, 6.45) is 1.05. The van der Waals surface area contributed by atoms with Crippen LogP contribution in [0.2, 0.25) is 0 Å². The Bertz CT molecular complexity index is 1930. The summed E-state index contributed by atoms with van der Waals surface area (Å²) in [5, 5.41) is 13.0. The van der Waals surface area contributed by atoms with Crippen molar-refractivity contribution in [3.05, 3.63) is 149 Å². The molecule has 8 heteroatoms. The molecule has 0 spiro atoms. The third-order valence-electron chi connectivity index (χ3n) is 8.52. The average molecular weight is 640 g/mol. The van der Waals surface area contributed by atoms with Crippen molar-refractivity contribution in [3.63, 3.8) is 0 Å². The highest BCUT2D eigenvalue weighted by atomic mass is 16.5. The van der Waals surface area contributed by atoms with E-state index in [1.807, 2.05) is 102 Å². The van der Waals surface area contributed by atoms with Crippen LogP contribution in [-0.4, -0.2) is 54.3 Å². The standard InChI is InChI=1S/C40H37N3O5/c1-2-47-40(46)36(29-17-19-34(20-18-29)48-35-21-22-43(26-35)39(45)31-11-7-4-8-12-31)24-27-13-14-28-15-16-32(25-33(28)23-27)37(41)42-38(44)30-9-5-3-6-10-30/h3-20,23,25,35-36H,2,21-22,24,26H2,1H3,(H2,41,42,44)/t35-,36-/m0/s1. The number of hydrogen-bond acceptors (Lipinski definition) is 6. The van der Waals surface area contributed by atoms with Crippen LogP contribution in [0, 0.1) is 5.41 Å². The first-order valence-electron chi connectivity index (χ1n) is 16.1. The van der Waals surface area contributed by atoms with Gasteiger partial charge in [0, 0.05) is 29.7 Å². The van der Waals surface area contributed by atoms with Crippen molar-refractivity contribution in [2.24, 2.45) is 0 Å². The second-order valence-corrected chi connectivity index (χ2v) is 11.8. The molecule has 1 saturated heterocycles. The van der Waals surface area contributed by atoms with Crippen LogP contribution in [0.4, 0.5) is 0 Å². The monoisotopic (exact) mass is 639 g/mol. The van der Waals surface area contributed by atoms with Crippen molar-refractivity contribution in [1.82, 2.24) is 10.2 Å². The molecule has 6 rings (SSSR count). The highest BCUT2D eigenvalue weighted by Crippen LogP contribution is 2.28. The van der Waals surface area contributed by atoms with Crippen molar-refractivity contribution < 1.29 is 23.9 Å². The summed E-state index contributed by atoms with van der Waals surface area (Å²) < 4.78 is 11.7. The summed E-state index contributed by atoms with van der Waals surface area (Å²) in [5.74, 6) is -0.486. The SMILES string of the molecule is CCOC(=O)[C@@H](Cc1ccc2ccc(C(=N)NC(=O)c3ccccc3)cc2c1)c1ccc(O[C@H]2CCN(C(=O)c3ccccc3)C2)cc1. The van der Waals surface area contributed by atoms with Gasteiger partial charge in [-0.05, 0) is 77.7 Å². The highest BCUT2D eigenvalue weighted by Gasteiger charge is 2.29. The van der Waals surface area contributed by atoms with E-state index in [4.69, 9.17) is 14.9 Å². The van der Waals surface area contributed by atoms with Crippen molar-refractivity contribution in [3.8, 4) is 5.75 Å². The average Bonchev–Trinajstić information content (AvgIpc) is 3.59. The molecular weight excluding hydrogens is 602 g/mol. The molecule has 8 nitrogen and oxygen atoms in total. The number of carbonyl (C=O) groups excluding carboxylic acids is 3. The minimum Gasteiger partial charge on any atom is -0.489 e. The van der Waals surface area contributed by atoms with E-state index in [0.717, 1.165) is 28.3 Å². The van der Waals surface area contributed by atoms with Gasteiger partial charge >= 0.3 is 5.97 Å². The maximum Gasteiger partial charge on any atom is 0.313 e. The Morgan fingerprint density at radius 1 is 0.812 bits per heavy atom. The van der Waals surface area contributed by atoms with E-state index in [2.05, 4.69) is 5.32 Å². The second-order valence-electron chi connectivity index (χ2n) is 11.8. The zero-order valence-corrected chi connectivity index (χ0v) is 26.7. The number of amides is 2. The lowest BCUT2D eigenvalue weighted by Gasteiger charge is -2.19. The number of nitrogens with one attached hydrogen (secondary N) is 2. The zero-order valence-electron chi connectivity index (χ0n) is 26.7. The van der Waals surface area contributed by atoms with Crippen molar-refractivity contribution in [2.75, 3.05) is 19.7 Å². The minimum absolute atomic E-state index is 0.00679. The lowest BCUT2D eigenvalue weighted by molar-refractivity contribution is -0.144. The third-order valence-corrected chi connectivity index (χ3v) is 8.52. The quantitative estimate of drug-likeness (QED) is 0.0995. The molecule has 5 aromatic rings. The molecule has 2 amide bonds. The maximum atomic E-state index is 13.2. The number of likely N-dealkylation sites (tertiary alicyclic amines) is 1. The lowest BCUT2D eigenvalue weighted by Crippen LogP contribution is -2.30. The van der Waals surface area contributed by atoms with E-state index in [1.165, 1.54) is 0 Å². The van der Waals surface area contributed by atoms with Crippen molar-refractivity contribution in [1.29, 1.82) is 5.41 Å². The number of hydrogen-bond donors (Lipinski definition) is 2. The van der Waals surface area contributed by atoms with Crippen LogP contribution >= 0.6 is 0 Å². The van der Waals surface area contributed by atoms with Gasteiger partial charge in [-0.1, -0.05) is 78.9 Å². The molecule has 1 heterocycles.